The first-order chi connectivity index (χ1) is 11.0. The third-order valence-corrected chi connectivity index (χ3v) is 4.12. The summed E-state index contributed by atoms with van der Waals surface area (Å²) in [6.45, 7) is 4.26. The van der Waals surface area contributed by atoms with Crippen molar-refractivity contribution >= 4 is 17.3 Å². The second-order valence-corrected chi connectivity index (χ2v) is 6.19. The predicted molar refractivity (Wildman–Crippen MR) is 93.5 cm³/mol. The predicted octanol–water partition coefficient (Wildman–Crippen LogP) is 3.83. The average Bonchev–Trinajstić information content (AvgIpc) is 3.31. The summed E-state index contributed by atoms with van der Waals surface area (Å²) in [6, 6.07) is 8.26. The van der Waals surface area contributed by atoms with E-state index in [0.717, 1.165) is 17.8 Å². The van der Waals surface area contributed by atoms with Gasteiger partial charge in [-0.25, -0.2) is 0 Å². The molecule has 1 amide bonds. The molecule has 0 spiro atoms. The summed E-state index contributed by atoms with van der Waals surface area (Å²) < 4.78 is 0. The van der Waals surface area contributed by atoms with Crippen molar-refractivity contribution < 1.29 is 4.79 Å². The zero-order chi connectivity index (χ0) is 16.9. The van der Waals surface area contributed by atoms with E-state index >= 15 is 0 Å². The minimum Gasteiger partial charge on any atom is -0.372 e. The van der Waals surface area contributed by atoms with Crippen LogP contribution in [0.4, 0.5) is 11.4 Å². The molecule has 0 fully saturated rings. The summed E-state index contributed by atoms with van der Waals surface area (Å²) in [7, 11) is 2.04. The number of terminal acetylenes is 1. The van der Waals surface area contributed by atoms with Crippen LogP contribution in [0.2, 0.25) is 0 Å². The Hall–Kier alpha value is -2.35. The van der Waals surface area contributed by atoms with Crippen molar-refractivity contribution in [3.8, 4) is 12.3 Å². The number of carbonyl (C=O) groups excluding carboxylic acids is 1. The summed E-state index contributed by atoms with van der Waals surface area (Å²) in [6.07, 6.45) is 7.64. The second-order valence-electron chi connectivity index (χ2n) is 6.19. The number of benzene rings is 1. The smallest absolute Gasteiger partial charge is 0.224 e. The zero-order valence-corrected chi connectivity index (χ0v) is 14.0. The molecular weight excluding hydrogens is 288 g/mol. The molecule has 23 heavy (non-hydrogen) atoms. The topological polar surface area (TPSA) is 57.1 Å². The largest absolute Gasteiger partial charge is 0.372 e. The van der Waals surface area contributed by atoms with Crippen LogP contribution in [0.5, 0.6) is 0 Å². The molecule has 122 valence electrons. The Kier molecular flexibility index (Phi) is 5.38. The van der Waals surface area contributed by atoms with Crippen molar-refractivity contribution in [3.63, 3.8) is 0 Å². The first-order valence-corrected chi connectivity index (χ1v) is 7.96. The van der Waals surface area contributed by atoms with Crippen LogP contribution >= 0.6 is 0 Å². The molecule has 1 aliphatic rings. The van der Waals surface area contributed by atoms with Crippen LogP contribution in [0.3, 0.4) is 0 Å². The fourth-order valence-corrected chi connectivity index (χ4v) is 2.31. The SMILES string of the molecule is C#CCCC1(CCC(=O)Nc2cccc(N(C)C(C)C)c2)N=N1. The van der Waals surface area contributed by atoms with Crippen molar-refractivity contribution in [1.29, 1.82) is 0 Å². The van der Waals surface area contributed by atoms with Crippen LogP contribution in [0.25, 0.3) is 0 Å². The van der Waals surface area contributed by atoms with Crippen LogP contribution in [0, 0.1) is 12.3 Å². The number of anilines is 2. The summed E-state index contributed by atoms with van der Waals surface area (Å²) in [5.41, 5.74) is 1.49. The number of hydrogen-bond acceptors (Lipinski definition) is 4. The Morgan fingerprint density at radius 3 is 2.74 bits per heavy atom. The lowest BCUT2D eigenvalue weighted by Crippen LogP contribution is -2.25. The molecule has 5 nitrogen and oxygen atoms in total. The molecule has 0 saturated heterocycles. The first kappa shape index (κ1) is 17.0. The minimum atomic E-state index is -0.399. The highest BCUT2D eigenvalue weighted by Gasteiger charge is 2.39. The summed E-state index contributed by atoms with van der Waals surface area (Å²) >= 11 is 0. The highest BCUT2D eigenvalue weighted by molar-refractivity contribution is 5.91. The number of carbonyl (C=O) groups is 1. The highest BCUT2D eigenvalue weighted by atomic mass is 16.1. The van der Waals surface area contributed by atoms with Crippen molar-refractivity contribution in [3.05, 3.63) is 24.3 Å². The maximum Gasteiger partial charge on any atom is 0.224 e. The quantitative estimate of drug-likeness (QED) is 0.742. The molecule has 1 N–H and O–H groups in total. The van der Waals surface area contributed by atoms with E-state index in [4.69, 9.17) is 6.42 Å². The fourth-order valence-electron chi connectivity index (χ4n) is 2.31. The molecule has 2 rings (SSSR count). The molecule has 0 unspecified atom stereocenters. The van der Waals surface area contributed by atoms with Gasteiger partial charge in [0.1, 0.15) is 0 Å². The van der Waals surface area contributed by atoms with E-state index in [1.807, 2.05) is 31.3 Å². The number of hydrogen-bond donors (Lipinski definition) is 1. The number of nitrogens with zero attached hydrogens (tertiary/aromatic N) is 3. The fraction of sp³-hybridized carbons (Fsp3) is 0.500. The van der Waals surface area contributed by atoms with Crippen molar-refractivity contribution in [1.82, 2.24) is 0 Å². The monoisotopic (exact) mass is 312 g/mol. The van der Waals surface area contributed by atoms with Crippen molar-refractivity contribution in [2.75, 3.05) is 17.3 Å². The molecule has 0 atom stereocenters. The third-order valence-electron chi connectivity index (χ3n) is 4.12. The van der Waals surface area contributed by atoms with Crippen molar-refractivity contribution in [2.45, 2.75) is 51.2 Å². The first-order valence-electron chi connectivity index (χ1n) is 7.96. The number of nitrogens with one attached hydrogen (secondary N) is 1. The highest BCUT2D eigenvalue weighted by Crippen LogP contribution is 2.37. The van der Waals surface area contributed by atoms with Crippen LogP contribution in [0.1, 0.15) is 39.5 Å². The van der Waals surface area contributed by atoms with Gasteiger partial charge in [0.25, 0.3) is 0 Å². The van der Waals surface area contributed by atoms with Gasteiger partial charge in [-0.1, -0.05) is 6.07 Å². The van der Waals surface area contributed by atoms with E-state index < -0.39 is 5.66 Å². The van der Waals surface area contributed by atoms with Gasteiger partial charge in [0, 0.05) is 50.1 Å². The molecule has 1 aromatic carbocycles. The molecule has 0 radical (unpaired) electrons. The van der Waals surface area contributed by atoms with Crippen LogP contribution in [0.15, 0.2) is 34.5 Å². The number of rotatable bonds is 8. The van der Waals surface area contributed by atoms with E-state index in [0.29, 0.717) is 25.3 Å². The lowest BCUT2D eigenvalue weighted by molar-refractivity contribution is -0.116. The Morgan fingerprint density at radius 1 is 1.39 bits per heavy atom. The molecule has 0 aromatic heterocycles. The van der Waals surface area contributed by atoms with Gasteiger partial charge >= 0.3 is 0 Å². The Balaban J connectivity index is 1.86. The van der Waals surface area contributed by atoms with Gasteiger partial charge in [-0.3, -0.25) is 4.79 Å². The van der Waals surface area contributed by atoms with Gasteiger partial charge in [0.15, 0.2) is 5.66 Å². The van der Waals surface area contributed by atoms with Gasteiger partial charge in [0.05, 0.1) is 0 Å². The van der Waals surface area contributed by atoms with E-state index in [2.05, 4.69) is 40.2 Å². The average molecular weight is 312 g/mol. The van der Waals surface area contributed by atoms with E-state index in [1.165, 1.54) is 0 Å². The van der Waals surface area contributed by atoms with Crippen LogP contribution in [-0.2, 0) is 4.79 Å². The van der Waals surface area contributed by atoms with Crippen LogP contribution in [-0.4, -0.2) is 24.7 Å². The minimum absolute atomic E-state index is 0.0215. The molecule has 0 bridgehead atoms. The zero-order valence-electron chi connectivity index (χ0n) is 14.0. The summed E-state index contributed by atoms with van der Waals surface area (Å²) in [4.78, 5) is 14.3. The second kappa shape index (κ2) is 7.28. The Morgan fingerprint density at radius 2 is 2.13 bits per heavy atom. The third kappa shape index (κ3) is 4.82. The Labute approximate surface area is 138 Å². The van der Waals surface area contributed by atoms with E-state index in [1.54, 1.807) is 0 Å². The molecule has 1 heterocycles. The van der Waals surface area contributed by atoms with Gasteiger partial charge in [0.2, 0.25) is 5.91 Å². The Bertz CT molecular complexity index is 624. The molecule has 1 aromatic rings. The van der Waals surface area contributed by atoms with Gasteiger partial charge < -0.3 is 10.2 Å². The van der Waals surface area contributed by atoms with E-state index in [-0.39, 0.29) is 5.91 Å². The maximum atomic E-state index is 12.1. The molecule has 1 aliphatic heterocycles. The van der Waals surface area contributed by atoms with Gasteiger partial charge in [-0.2, -0.15) is 10.2 Å². The molecule has 0 aliphatic carbocycles. The maximum absolute atomic E-state index is 12.1. The lowest BCUT2D eigenvalue weighted by Gasteiger charge is -2.24. The molecule has 0 saturated carbocycles. The normalized spacial score (nSPS) is 14.4. The lowest BCUT2D eigenvalue weighted by atomic mass is 10.0. The summed E-state index contributed by atoms with van der Waals surface area (Å²) in [5.74, 6) is 2.57. The van der Waals surface area contributed by atoms with Crippen LogP contribution < -0.4 is 10.2 Å². The van der Waals surface area contributed by atoms with Crippen molar-refractivity contribution in [2.24, 2.45) is 10.2 Å². The standard InChI is InChI=1S/C18H24N4O/c1-5-6-11-18(20-21-18)12-10-17(23)19-15-8-7-9-16(13-15)22(4)14(2)3/h1,7-9,13-14H,6,10-12H2,2-4H3,(H,19,23). The molecule has 5 heteroatoms. The molecular formula is C18H24N4O. The van der Waals surface area contributed by atoms with E-state index in [9.17, 15) is 4.79 Å². The summed E-state index contributed by atoms with van der Waals surface area (Å²) in [5, 5.41) is 11.0. The number of amides is 1. The van der Waals surface area contributed by atoms with Gasteiger partial charge in [-0.05, 0) is 32.0 Å². The van der Waals surface area contributed by atoms with Gasteiger partial charge in [-0.15, -0.1) is 12.3 Å².